The van der Waals surface area contributed by atoms with Gasteiger partial charge >= 0.3 is 0 Å². The first kappa shape index (κ1) is 18.3. The van der Waals surface area contributed by atoms with Crippen molar-refractivity contribution in [2.45, 2.75) is 38.1 Å². The van der Waals surface area contributed by atoms with E-state index in [1.165, 1.54) is 19.3 Å². The van der Waals surface area contributed by atoms with Crippen molar-refractivity contribution in [3.05, 3.63) is 64.1 Å². The van der Waals surface area contributed by atoms with Crippen molar-refractivity contribution in [2.75, 3.05) is 0 Å². The first-order valence-corrected chi connectivity index (χ1v) is 10.0. The fraction of sp³-hybridized carbons (Fsp3) is 0.273. The number of halogens is 2. The molecule has 1 saturated carbocycles. The number of aromatic nitrogens is 1. The molecule has 1 aliphatic carbocycles. The fourth-order valence-corrected chi connectivity index (χ4v) is 3.97. The van der Waals surface area contributed by atoms with Gasteiger partial charge in [0.25, 0.3) is 5.91 Å². The third kappa shape index (κ3) is 3.95. The minimum absolute atomic E-state index is 0.0400. The van der Waals surface area contributed by atoms with E-state index in [9.17, 15) is 4.79 Å². The average molecular weight is 399 g/mol. The summed E-state index contributed by atoms with van der Waals surface area (Å²) in [6, 6.07) is 15.2. The zero-order valence-corrected chi connectivity index (χ0v) is 16.4. The van der Waals surface area contributed by atoms with Gasteiger partial charge in [0.15, 0.2) is 0 Å². The smallest absolute Gasteiger partial charge is 0.252 e. The van der Waals surface area contributed by atoms with Gasteiger partial charge in [0.05, 0.1) is 26.8 Å². The number of para-hydroxylation sites is 1. The van der Waals surface area contributed by atoms with Gasteiger partial charge in [-0.1, -0.05) is 66.7 Å². The Morgan fingerprint density at radius 3 is 2.52 bits per heavy atom. The monoisotopic (exact) mass is 398 g/mol. The lowest BCUT2D eigenvalue weighted by Gasteiger charge is -2.23. The molecule has 3 nitrogen and oxygen atoms in total. The van der Waals surface area contributed by atoms with Gasteiger partial charge in [-0.2, -0.15) is 0 Å². The van der Waals surface area contributed by atoms with E-state index < -0.39 is 0 Å². The molecule has 1 aliphatic rings. The molecule has 4 rings (SSSR count). The zero-order valence-electron chi connectivity index (χ0n) is 14.8. The van der Waals surface area contributed by atoms with Gasteiger partial charge in [-0.15, -0.1) is 0 Å². The number of fused-ring (bicyclic) bond motifs is 1. The molecule has 0 aliphatic heterocycles. The minimum Gasteiger partial charge on any atom is -0.349 e. The van der Waals surface area contributed by atoms with Crippen LogP contribution < -0.4 is 5.32 Å². The molecule has 2 aromatic carbocycles. The molecular weight excluding hydrogens is 379 g/mol. The molecule has 5 heteroatoms. The Morgan fingerprint density at radius 1 is 0.963 bits per heavy atom. The van der Waals surface area contributed by atoms with Crippen LogP contribution in [0.2, 0.25) is 10.0 Å². The molecule has 0 radical (unpaired) electrons. The zero-order chi connectivity index (χ0) is 18.8. The summed E-state index contributed by atoms with van der Waals surface area (Å²) < 4.78 is 0. The maximum atomic E-state index is 13.0. The van der Waals surface area contributed by atoms with E-state index >= 15 is 0 Å². The molecule has 1 heterocycles. The number of hydrogen-bond acceptors (Lipinski definition) is 2. The van der Waals surface area contributed by atoms with Gasteiger partial charge in [-0.25, -0.2) is 4.98 Å². The maximum Gasteiger partial charge on any atom is 0.252 e. The van der Waals surface area contributed by atoms with E-state index in [0.29, 0.717) is 21.3 Å². The number of benzene rings is 2. The first-order chi connectivity index (χ1) is 13.1. The summed E-state index contributed by atoms with van der Waals surface area (Å²) in [7, 11) is 0. The quantitative estimate of drug-likeness (QED) is 0.564. The van der Waals surface area contributed by atoms with Crippen molar-refractivity contribution >= 4 is 40.0 Å². The van der Waals surface area contributed by atoms with E-state index in [1.807, 2.05) is 36.4 Å². The van der Waals surface area contributed by atoms with Gasteiger partial charge < -0.3 is 5.32 Å². The first-order valence-electron chi connectivity index (χ1n) is 9.28. The van der Waals surface area contributed by atoms with Crippen LogP contribution in [0.4, 0.5) is 0 Å². The Bertz CT molecular complexity index is 997. The van der Waals surface area contributed by atoms with Crippen molar-refractivity contribution in [2.24, 2.45) is 0 Å². The van der Waals surface area contributed by atoms with Crippen LogP contribution in [0.25, 0.3) is 22.2 Å². The van der Waals surface area contributed by atoms with Gasteiger partial charge in [-0.3, -0.25) is 4.79 Å². The van der Waals surface area contributed by atoms with E-state index in [2.05, 4.69) is 5.32 Å². The standard InChI is InChI=1S/C22H20Cl2N2O/c23-18-11-10-14(12-19(18)24)21-13-17(16-8-4-5-9-20(16)26-21)22(27)25-15-6-2-1-3-7-15/h4-5,8-13,15H,1-3,6-7H2,(H,25,27). The molecule has 138 valence electrons. The minimum atomic E-state index is -0.0400. The third-order valence-corrected chi connectivity index (χ3v) is 5.86. The van der Waals surface area contributed by atoms with Crippen LogP contribution in [0.3, 0.4) is 0 Å². The Kier molecular flexibility index (Phi) is 5.33. The largest absolute Gasteiger partial charge is 0.349 e. The Hall–Kier alpha value is -2.10. The average Bonchev–Trinajstić information content (AvgIpc) is 2.70. The van der Waals surface area contributed by atoms with Crippen LogP contribution >= 0.6 is 23.2 Å². The molecule has 1 fully saturated rings. The second kappa shape index (κ2) is 7.87. The number of carbonyl (C=O) groups is 1. The van der Waals surface area contributed by atoms with Crippen molar-refractivity contribution in [3.63, 3.8) is 0 Å². The van der Waals surface area contributed by atoms with Gasteiger partial charge in [0.1, 0.15) is 0 Å². The van der Waals surface area contributed by atoms with Crippen LogP contribution in [0.1, 0.15) is 42.5 Å². The third-order valence-electron chi connectivity index (χ3n) is 5.12. The molecule has 1 N–H and O–H groups in total. The molecule has 27 heavy (non-hydrogen) atoms. The number of nitrogens with one attached hydrogen (secondary N) is 1. The number of hydrogen-bond donors (Lipinski definition) is 1. The summed E-state index contributed by atoms with van der Waals surface area (Å²) in [5.74, 6) is -0.0400. The number of pyridine rings is 1. The number of rotatable bonds is 3. The van der Waals surface area contributed by atoms with Crippen molar-refractivity contribution in [3.8, 4) is 11.3 Å². The predicted octanol–water partition coefficient (Wildman–Crippen LogP) is 6.27. The predicted molar refractivity (Wildman–Crippen MR) is 112 cm³/mol. The SMILES string of the molecule is O=C(NC1CCCCC1)c1cc(-c2ccc(Cl)c(Cl)c2)nc2ccccc12. The van der Waals surface area contributed by atoms with E-state index in [1.54, 1.807) is 12.1 Å². The second-order valence-corrected chi connectivity index (χ2v) is 7.82. The molecule has 3 aromatic rings. The van der Waals surface area contributed by atoms with Gasteiger partial charge in [-0.05, 0) is 37.1 Å². The summed E-state index contributed by atoms with van der Waals surface area (Å²) in [5, 5.41) is 5.04. The highest BCUT2D eigenvalue weighted by Crippen LogP contribution is 2.30. The number of amides is 1. The van der Waals surface area contributed by atoms with Crippen LogP contribution in [0, 0.1) is 0 Å². The summed E-state index contributed by atoms with van der Waals surface area (Å²) >= 11 is 12.2. The van der Waals surface area contributed by atoms with E-state index in [-0.39, 0.29) is 11.9 Å². The molecular formula is C22H20Cl2N2O. The summed E-state index contributed by atoms with van der Waals surface area (Å²) in [6.45, 7) is 0. The Morgan fingerprint density at radius 2 is 1.74 bits per heavy atom. The highest BCUT2D eigenvalue weighted by atomic mass is 35.5. The Labute approximate surface area is 168 Å². The van der Waals surface area contributed by atoms with Crippen LogP contribution in [-0.2, 0) is 0 Å². The molecule has 0 spiro atoms. The van der Waals surface area contributed by atoms with Gasteiger partial charge in [0, 0.05) is 17.0 Å². The van der Waals surface area contributed by atoms with Crippen LogP contribution in [-0.4, -0.2) is 16.9 Å². The van der Waals surface area contributed by atoms with Crippen molar-refractivity contribution in [1.82, 2.24) is 10.3 Å². The molecule has 1 aromatic heterocycles. The van der Waals surface area contributed by atoms with Crippen molar-refractivity contribution in [1.29, 1.82) is 0 Å². The number of carbonyl (C=O) groups excluding carboxylic acids is 1. The fourth-order valence-electron chi connectivity index (χ4n) is 3.68. The second-order valence-electron chi connectivity index (χ2n) is 7.01. The molecule has 0 bridgehead atoms. The van der Waals surface area contributed by atoms with E-state index in [0.717, 1.165) is 29.3 Å². The number of nitrogens with zero attached hydrogens (tertiary/aromatic N) is 1. The lowest BCUT2D eigenvalue weighted by atomic mass is 9.95. The molecule has 0 unspecified atom stereocenters. The highest BCUT2D eigenvalue weighted by molar-refractivity contribution is 6.42. The molecule has 1 amide bonds. The topological polar surface area (TPSA) is 42.0 Å². The molecule has 0 atom stereocenters. The summed E-state index contributed by atoms with van der Waals surface area (Å²) in [6.07, 6.45) is 5.71. The van der Waals surface area contributed by atoms with Crippen molar-refractivity contribution < 1.29 is 4.79 Å². The van der Waals surface area contributed by atoms with Gasteiger partial charge in [0.2, 0.25) is 0 Å². The van der Waals surface area contributed by atoms with E-state index in [4.69, 9.17) is 28.2 Å². The Balaban J connectivity index is 1.76. The maximum absolute atomic E-state index is 13.0. The normalized spacial score (nSPS) is 15.0. The van der Waals surface area contributed by atoms with Crippen LogP contribution in [0.15, 0.2) is 48.5 Å². The highest BCUT2D eigenvalue weighted by Gasteiger charge is 2.19. The molecule has 0 saturated heterocycles. The lowest BCUT2D eigenvalue weighted by molar-refractivity contribution is 0.0929. The van der Waals surface area contributed by atoms with Crippen LogP contribution in [0.5, 0.6) is 0 Å². The summed E-state index contributed by atoms with van der Waals surface area (Å²) in [4.78, 5) is 17.8. The summed E-state index contributed by atoms with van der Waals surface area (Å²) in [5.41, 5.74) is 2.98. The lowest BCUT2D eigenvalue weighted by Crippen LogP contribution is -2.36.